The van der Waals surface area contributed by atoms with Crippen LogP contribution in [0.3, 0.4) is 0 Å². The van der Waals surface area contributed by atoms with Crippen molar-refractivity contribution in [2.75, 3.05) is 0 Å². The van der Waals surface area contributed by atoms with Gasteiger partial charge in [-0.1, -0.05) is 12.1 Å². The Morgan fingerprint density at radius 1 is 1.09 bits per heavy atom. The zero-order valence-corrected chi connectivity index (χ0v) is 11.1. The van der Waals surface area contributed by atoms with Crippen molar-refractivity contribution in [3.8, 4) is 0 Å². The number of urea groups is 1. The van der Waals surface area contributed by atoms with Gasteiger partial charge < -0.3 is 5.11 Å². The summed E-state index contributed by atoms with van der Waals surface area (Å²) in [6.07, 6.45) is -0.0596. The molecule has 2 aliphatic rings. The fraction of sp³-hybridized carbons (Fsp3) is 0.214. The summed E-state index contributed by atoms with van der Waals surface area (Å²) >= 11 is 0. The number of hydrogen-bond donors (Lipinski definition) is 2. The third-order valence-corrected chi connectivity index (χ3v) is 3.79. The number of Topliss-reactive ketones (excluding diaryl/α,β-unsaturated/α-hetero) is 1. The van der Waals surface area contributed by atoms with E-state index in [4.69, 9.17) is 5.11 Å². The molecule has 2 atom stereocenters. The Morgan fingerprint density at radius 3 is 2.23 bits per heavy atom. The molecule has 0 aromatic heterocycles. The molecule has 2 heterocycles. The number of rotatable bonds is 3. The maximum absolute atomic E-state index is 12.3. The topological polar surface area (TPSA) is 121 Å². The minimum atomic E-state index is -1.13. The van der Waals surface area contributed by atoms with Gasteiger partial charge in [-0.2, -0.15) is 0 Å². The Morgan fingerprint density at radius 2 is 1.68 bits per heavy atom. The van der Waals surface area contributed by atoms with Crippen molar-refractivity contribution in [2.24, 2.45) is 5.92 Å². The van der Waals surface area contributed by atoms with E-state index in [-0.39, 0.29) is 17.5 Å². The molecular formula is C14H10N2O6. The first-order chi connectivity index (χ1) is 10.4. The number of fused-ring (bicyclic) bond motifs is 1. The molecule has 3 rings (SSSR count). The fourth-order valence-corrected chi connectivity index (χ4v) is 2.66. The van der Waals surface area contributed by atoms with Gasteiger partial charge in [0.05, 0.1) is 5.56 Å². The van der Waals surface area contributed by atoms with Crippen LogP contribution in [0.1, 0.15) is 27.1 Å². The van der Waals surface area contributed by atoms with E-state index in [1.54, 1.807) is 0 Å². The smallest absolute Gasteiger partial charge is 0.335 e. The molecule has 8 nitrogen and oxygen atoms in total. The summed E-state index contributed by atoms with van der Waals surface area (Å²) in [5, 5.41) is 10.8. The van der Waals surface area contributed by atoms with Gasteiger partial charge in [-0.15, -0.1) is 0 Å². The number of nitrogens with zero attached hydrogens (tertiary/aromatic N) is 1. The highest BCUT2D eigenvalue weighted by Crippen LogP contribution is 2.30. The molecular weight excluding hydrogens is 292 g/mol. The van der Waals surface area contributed by atoms with Crippen molar-refractivity contribution in [1.82, 2.24) is 10.2 Å². The van der Waals surface area contributed by atoms with Crippen molar-refractivity contribution < 1.29 is 29.1 Å². The highest BCUT2D eigenvalue weighted by Gasteiger charge is 2.53. The summed E-state index contributed by atoms with van der Waals surface area (Å²) < 4.78 is 0. The van der Waals surface area contributed by atoms with Crippen LogP contribution in [0.25, 0.3) is 0 Å². The molecule has 2 fully saturated rings. The lowest BCUT2D eigenvalue weighted by Crippen LogP contribution is -2.36. The first-order valence-electron chi connectivity index (χ1n) is 6.45. The number of carboxylic acids is 1. The number of carboxylic acid groups (broad SMARTS) is 1. The van der Waals surface area contributed by atoms with Crippen molar-refractivity contribution in [1.29, 1.82) is 0 Å². The average molecular weight is 302 g/mol. The van der Waals surface area contributed by atoms with Gasteiger partial charge in [0, 0.05) is 5.56 Å². The highest BCUT2D eigenvalue weighted by molar-refractivity contribution is 6.20. The second kappa shape index (κ2) is 4.76. The number of amides is 4. The zero-order chi connectivity index (χ0) is 16.0. The fourth-order valence-electron chi connectivity index (χ4n) is 2.66. The predicted molar refractivity (Wildman–Crippen MR) is 70.0 cm³/mol. The van der Waals surface area contributed by atoms with Gasteiger partial charge in [-0.25, -0.2) is 9.59 Å². The third-order valence-electron chi connectivity index (χ3n) is 3.79. The SMILES string of the molecule is O=C(O)c1ccc(C(=O)C2CC3C(=O)NC(=O)N3C2=O)cc1. The molecule has 112 valence electrons. The minimum absolute atomic E-state index is 0.0180. The summed E-state index contributed by atoms with van der Waals surface area (Å²) in [5.41, 5.74) is 0.182. The molecule has 0 bridgehead atoms. The van der Waals surface area contributed by atoms with Crippen LogP contribution in [-0.2, 0) is 9.59 Å². The molecule has 0 radical (unpaired) electrons. The van der Waals surface area contributed by atoms with Crippen LogP contribution in [-0.4, -0.2) is 45.6 Å². The van der Waals surface area contributed by atoms with Gasteiger partial charge >= 0.3 is 12.0 Å². The summed E-state index contributed by atoms with van der Waals surface area (Å²) in [7, 11) is 0. The quantitative estimate of drug-likeness (QED) is 0.462. The first kappa shape index (κ1) is 13.9. The minimum Gasteiger partial charge on any atom is -0.478 e. The van der Waals surface area contributed by atoms with E-state index in [1.165, 1.54) is 24.3 Å². The molecule has 2 saturated heterocycles. The predicted octanol–water partition coefficient (Wildman–Crippen LogP) is 0.0344. The Bertz CT molecular complexity index is 723. The van der Waals surface area contributed by atoms with E-state index in [2.05, 4.69) is 0 Å². The second-order valence-corrected chi connectivity index (χ2v) is 5.05. The van der Waals surface area contributed by atoms with Gasteiger partial charge in [0.1, 0.15) is 12.0 Å². The molecule has 2 N–H and O–H groups in total. The molecule has 0 spiro atoms. The summed E-state index contributed by atoms with van der Waals surface area (Å²) in [6, 6.07) is 3.39. The number of ketones is 1. The van der Waals surface area contributed by atoms with Gasteiger partial charge in [-0.05, 0) is 18.6 Å². The normalized spacial score (nSPS) is 23.5. The largest absolute Gasteiger partial charge is 0.478 e. The lowest BCUT2D eigenvalue weighted by molar-refractivity contribution is -0.129. The molecule has 2 unspecified atom stereocenters. The van der Waals surface area contributed by atoms with E-state index < -0.39 is 41.6 Å². The number of carbonyl (C=O) groups is 5. The number of hydrogen-bond acceptors (Lipinski definition) is 5. The van der Waals surface area contributed by atoms with Crippen molar-refractivity contribution in [3.63, 3.8) is 0 Å². The van der Waals surface area contributed by atoms with Crippen LogP contribution >= 0.6 is 0 Å². The van der Waals surface area contributed by atoms with E-state index in [0.29, 0.717) is 0 Å². The monoisotopic (exact) mass is 302 g/mol. The zero-order valence-electron chi connectivity index (χ0n) is 11.1. The van der Waals surface area contributed by atoms with Crippen LogP contribution in [0, 0.1) is 5.92 Å². The number of benzene rings is 1. The van der Waals surface area contributed by atoms with Gasteiger partial charge in [0.2, 0.25) is 5.91 Å². The number of carbonyl (C=O) groups excluding carboxylic acids is 4. The molecule has 2 aliphatic heterocycles. The number of aromatic carboxylic acids is 1. The second-order valence-electron chi connectivity index (χ2n) is 5.05. The molecule has 1 aromatic rings. The van der Waals surface area contributed by atoms with Crippen LogP contribution in [0.4, 0.5) is 4.79 Å². The molecule has 0 aliphatic carbocycles. The Kier molecular flexibility index (Phi) is 3.01. The standard InChI is InChI=1S/C14H10N2O6/c17-10(6-1-3-7(4-2-6)13(20)21)8-5-9-11(18)15-14(22)16(9)12(8)19/h1-4,8-9H,5H2,(H,20,21)(H,15,18,22). The van der Waals surface area contributed by atoms with Crippen molar-refractivity contribution in [3.05, 3.63) is 35.4 Å². The lowest BCUT2D eigenvalue weighted by Gasteiger charge is -2.10. The summed E-state index contributed by atoms with van der Waals surface area (Å²) in [4.78, 5) is 59.0. The third kappa shape index (κ3) is 1.96. The van der Waals surface area contributed by atoms with Gasteiger partial charge in [0.15, 0.2) is 5.78 Å². The Labute approximate surface area is 123 Å². The van der Waals surface area contributed by atoms with Crippen molar-refractivity contribution >= 4 is 29.6 Å². The maximum atomic E-state index is 12.3. The number of nitrogens with one attached hydrogen (secondary N) is 1. The van der Waals surface area contributed by atoms with Crippen LogP contribution in [0.15, 0.2) is 24.3 Å². The Hall–Kier alpha value is -3.03. The molecule has 22 heavy (non-hydrogen) atoms. The number of imide groups is 2. The van der Waals surface area contributed by atoms with Crippen LogP contribution in [0.5, 0.6) is 0 Å². The van der Waals surface area contributed by atoms with E-state index in [9.17, 15) is 24.0 Å². The van der Waals surface area contributed by atoms with Gasteiger partial charge in [-0.3, -0.25) is 24.6 Å². The Balaban J connectivity index is 1.84. The summed E-state index contributed by atoms with van der Waals surface area (Å²) in [5.74, 6) is -4.05. The van der Waals surface area contributed by atoms with Crippen LogP contribution in [0.2, 0.25) is 0 Å². The van der Waals surface area contributed by atoms with E-state index in [0.717, 1.165) is 4.90 Å². The molecule has 1 aromatic carbocycles. The molecule has 0 saturated carbocycles. The molecule has 4 amide bonds. The summed E-state index contributed by atoms with van der Waals surface area (Å²) in [6.45, 7) is 0. The van der Waals surface area contributed by atoms with E-state index >= 15 is 0 Å². The van der Waals surface area contributed by atoms with Crippen molar-refractivity contribution in [2.45, 2.75) is 12.5 Å². The first-order valence-corrected chi connectivity index (χ1v) is 6.45. The van der Waals surface area contributed by atoms with Crippen LogP contribution < -0.4 is 5.32 Å². The maximum Gasteiger partial charge on any atom is 0.335 e. The average Bonchev–Trinajstić information content (AvgIpc) is 2.97. The van der Waals surface area contributed by atoms with Gasteiger partial charge in [0.25, 0.3) is 5.91 Å². The molecule has 8 heteroatoms. The lowest BCUT2D eigenvalue weighted by atomic mass is 9.94. The van der Waals surface area contributed by atoms with E-state index in [1.807, 2.05) is 5.32 Å². The highest BCUT2D eigenvalue weighted by atomic mass is 16.4.